The largest absolute Gasteiger partial charge is 0.299 e. The van der Waals surface area contributed by atoms with Crippen molar-refractivity contribution in [2.45, 2.75) is 51.9 Å². The fourth-order valence-electron chi connectivity index (χ4n) is 6.58. The van der Waals surface area contributed by atoms with E-state index in [0.29, 0.717) is 35.0 Å². The zero-order valence-corrected chi connectivity index (χ0v) is 14.0. The zero-order chi connectivity index (χ0) is 16.4. The quantitative estimate of drug-likeness (QED) is 0.504. The number of allylic oxidation sites excluding steroid dienone is 1. The monoisotopic (exact) mass is 310 g/mol. The Morgan fingerprint density at radius 3 is 2.65 bits per heavy atom. The first-order valence-corrected chi connectivity index (χ1v) is 9.20. The van der Waals surface area contributed by atoms with Crippen molar-refractivity contribution in [3.63, 3.8) is 0 Å². The minimum atomic E-state index is -0.0816. The van der Waals surface area contributed by atoms with Crippen molar-refractivity contribution < 1.29 is 9.59 Å². The molecular formula is C21H26O2. The van der Waals surface area contributed by atoms with E-state index >= 15 is 0 Å². The Hall–Kier alpha value is -1.36. The van der Waals surface area contributed by atoms with Crippen molar-refractivity contribution in [2.24, 2.45) is 40.9 Å². The number of rotatable bonds is 0. The number of carbonyl (C=O) groups is 2. The molecule has 0 saturated heterocycles. The number of Topliss-reactive ketones (excluding diaryl/α,β-unsaturated/α-hetero) is 2. The lowest BCUT2D eigenvalue weighted by atomic mass is 9.49. The van der Waals surface area contributed by atoms with Gasteiger partial charge in [0, 0.05) is 29.2 Å². The smallest absolute Gasteiger partial charge is 0.162 e. The van der Waals surface area contributed by atoms with Crippen molar-refractivity contribution in [3.8, 4) is 12.3 Å². The van der Waals surface area contributed by atoms with Crippen LogP contribution in [0, 0.1) is 53.3 Å². The molecule has 0 amide bonds. The standard InChI is InChI=1S/C21H26O2/c1-4-13-11-17-14-9-10-21(3)18(7-8-19(21)22)15(14)5-6-16(17)20(23)12(13)2/h1,13-18H,2,5-11H2,3H3/t13?,14-,15+,16?,17+,18-,21-/m0/s1. The number of hydrogen-bond donors (Lipinski definition) is 0. The fraction of sp³-hybridized carbons (Fsp3) is 0.714. The molecule has 4 aliphatic carbocycles. The van der Waals surface area contributed by atoms with Crippen LogP contribution in [0.3, 0.4) is 0 Å². The Morgan fingerprint density at radius 1 is 1.13 bits per heavy atom. The summed E-state index contributed by atoms with van der Waals surface area (Å²) < 4.78 is 0. The van der Waals surface area contributed by atoms with Gasteiger partial charge < -0.3 is 0 Å². The van der Waals surface area contributed by atoms with Crippen LogP contribution >= 0.6 is 0 Å². The number of terminal acetylenes is 1. The van der Waals surface area contributed by atoms with E-state index in [1.165, 1.54) is 0 Å². The summed E-state index contributed by atoms with van der Waals surface area (Å²) in [6.07, 6.45) is 12.6. The summed E-state index contributed by atoms with van der Waals surface area (Å²) in [5.41, 5.74) is 0.589. The second-order valence-electron chi connectivity index (χ2n) is 8.54. The van der Waals surface area contributed by atoms with Crippen LogP contribution in [0.4, 0.5) is 0 Å². The lowest BCUT2D eigenvalue weighted by molar-refractivity contribution is -0.137. The summed E-state index contributed by atoms with van der Waals surface area (Å²) in [5.74, 6) is 5.77. The number of fused-ring (bicyclic) bond motifs is 5. The van der Waals surface area contributed by atoms with Crippen LogP contribution in [0.2, 0.25) is 0 Å². The maximum atomic E-state index is 12.7. The SMILES string of the molecule is C#CC1C[C@H]2C(CC[C@@H]3[C@@H]2CC[C@]2(C)C(=O)CC[C@@H]32)C(=O)C1=C. The van der Waals surface area contributed by atoms with Crippen LogP contribution in [0.25, 0.3) is 0 Å². The molecule has 0 N–H and O–H groups in total. The summed E-state index contributed by atoms with van der Waals surface area (Å²) in [4.78, 5) is 25.1. The van der Waals surface area contributed by atoms with Gasteiger partial charge in [-0.25, -0.2) is 0 Å². The Bertz CT molecular complexity index is 624. The average molecular weight is 310 g/mol. The van der Waals surface area contributed by atoms with Gasteiger partial charge in [-0.3, -0.25) is 9.59 Å². The van der Waals surface area contributed by atoms with Gasteiger partial charge in [-0.15, -0.1) is 6.42 Å². The van der Waals surface area contributed by atoms with E-state index < -0.39 is 0 Å². The predicted octanol–water partition coefficient (Wildman–Crippen LogP) is 3.80. The molecule has 0 spiro atoms. The minimum Gasteiger partial charge on any atom is -0.299 e. The van der Waals surface area contributed by atoms with Gasteiger partial charge in [0.15, 0.2) is 5.78 Å². The number of ketones is 2. The molecule has 4 aliphatic rings. The van der Waals surface area contributed by atoms with Gasteiger partial charge in [0.2, 0.25) is 0 Å². The van der Waals surface area contributed by atoms with E-state index in [0.717, 1.165) is 44.9 Å². The van der Waals surface area contributed by atoms with Gasteiger partial charge in [0.25, 0.3) is 0 Å². The molecule has 23 heavy (non-hydrogen) atoms. The van der Waals surface area contributed by atoms with Crippen LogP contribution in [0.1, 0.15) is 51.9 Å². The molecule has 0 bridgehead atoms. The van der Waals surface area contributed by atoms with Crippen molar-refractivity contribution in [2.75, 3.05) is 0 Å². The molecule has 0 heterocycles. The van der Waals surface area contributed by atoms with Crippen LogP contribution in [0.15, 0.2) is 12.2 Å². The topological polar surface area (TPSA) is 34.1 Å². The zero-order valence-electron chi connectivity index (χ0n) is 14.0. The highest BCUT2D eigenvalue weighted by molar-refractivity contribution is 5.98. The maximum Gasteiger partial charge on any atom is 0.162 e. The number of hydrogen-bond acceptors (Lipinski definition) is 2. The van der Waals surface area contributed by atoms with Gasteiger partial charge in [-0.1, -0.05) is 19.4 Å². The van der Waals surface area contributed by atoms with Gasteiger partial charge in [-0.05, 0) is 62.2 Å². The molecule has 0 aromatic heterocycles. The Kier molecular flexibility index (Phi) is 3.34. The average Bonchev–Trinajstić information content (AvgIpc) is 2.86. The Labute approximate surface area is 139 Å². The third kappa shape index (κ3) is 1.95. The molecule has 2 nitrogen and oxygen atoms in total. The highest BCUT2D eigenvalue weighted by Crippen LogP contribution is 2.61. The van der Waals surface area contributed by atoms with Crippen molar-refractivity contribution in [1.82, 2.24) is 0 Å². The number of carbonyl (C=O) groups excluding carboxylic acids is 2. The van der Waals surface area contributed by atoms with Crippen LogP contribution < -0.4 is 0 Å². The first-order chi connectivity index (χ1) is 11.0. The highest BCUT2D eigenvalue weighted by atomic mass is 16.1. The molecule has 4 rings (SSSR count). The van der Waals surface area contributed by atoms with Gasteiger partial charge in [0.05, 0.1) is 0 Å². The normalized spacial score (nSPS) is 49.1. The first-order valence-electron chi connectivity index (χ1n) is 9.20. The lowest BCUT2D eigenvalue weighted by Crippen LogP contribution is -2.51. The molecule has 0 aromatic carbocycles. The Balaban J connectivity index is 1.64. The first kappa shape index (κ1) is 15.2. The molecule has 7 atom stereocenters. The molecule has 4 fully saturated rings. The van der Waals surface area contributed by atoms with Gasteiger partial charge in [0.1, 0.15) is 5.78 Å². The van der Waals surface area contributed by atoms with Crippen molar-refractivity contribution >= 4 is 11.6 Å². The van der Waals surface area contributed by atoms with Crippen LogP contribution in [0.5, 0.6) is 0 Å². The molecule has 2 unspecified atom stereocenters. The van der Waals surface area contributed by atoms with Crippen molar-refractivity contribution in [1.29, 1.82) is 0 Å². The second kappa shape index (κ2) is 5.07. The molecule has 4 saturated carbocycles. The summed E-state index contributed by atoms with van der Waals surface area (Å²) in [6.45, 7) is 6.18. The third-order valence-corrected chi connectivity index (χ3v) is 7.86. The molecule has 0 radical (unpaired) electrons. The molecule has 0 aromatic rings. The Morgan fingerprint density at radius 2 is 1.91 bits per heavy atom. The summed E-state index contributed by atoms with van der Waals surface area (Å²) in [5, 5.41) is 0. The summed E-state index contributed by atoms with van der Waals surface area (Å²) >= 11 is 0. The van der Waals surface area contributed by atoms with E-state index in [2.05, 4.69) is 19.4 Å². The van der Waals surface area contributed by atoms with Gasteiger partial charge in [-0.2, -0.15) is 0 Å². The van der Waals surface area contributed by atoms with E-state index in [9.17, 15) is 9.59 Å². The van der Waals surface area contributed by atoms with Crippen molar-refractivity contribution in [3.05, 3.63) is 12.2 Å². The maximum absolute atomic E-state index is 12.7. The minimum absolute atomic E-state index is 0.0685. The molecular weight excluding hydrogens is 284 g/mol. The molecule has 0 aliphatic heterocycles. The van der Waals surface area contributed by atoms with Crippen LogP contribution in [-0.2, 0) is 9.59 Å². The van der Waals surface area contributed by atoms with E-state index in [4.69, 9.17) is 6.42 Å². The predicted molar refractivity (Wildman–Crippen MR) is 89.4 cm³/mol. The lowest BCUT2D eigenvalue weighted by Gasteiger charge is -2.54. The summed E-state index contributed by atoms with van der Waals surface area (Å²) in [6, 6.07) is 0. The third-order valence-electron chi connectivity index (χ3n) is 7.86. The van der Waals surface area contributed by atoms with Crippen LogP contribution in [-0.4, -0.2) is 11.6 Å². The van der Waals surface area contributed by atoms with E-state index in [1.807, 2.05) is 0 Å². The highest BCUT2D eigenvalue weighted by Gasteiger charge is 2.58. The fourth-order valence-corrected chi connectivity index (χ4v) is 6.58. The second-order valence-corrected chi connectivity index (χ2v) is 8.54. The molecule has 122 valence electrons. The molecule has 2 heteroatoms. The summed E-state index contributed by atoms with van der Waals surface area (Å²) in [7, 11) is 0. The van der Waals surface area contributed by atoms with Gasteiger partial charge >= 0.3 is 0 Å². The van der Waals surface area contributed by atoms with E-state index in [1.54, 1.807) is 0 Å². The van der Waals surface area contributed by atoms with E-state index in [-0.39, 0.29) is 23.0 Å².